The lowest BCUT2D eigenvalue weighted by Crippen LogP contribution is -2.30. The minimum absolute atomic E-state index is 0.0195. The second-order valence-electron chi connectivity index (χ2n) is 7.02. The summed E-state index contributed by atoms with van der Waals surface area (Å²) in [5, 5.41) is 26.5. The van der Waals surface area contributed by atoms with Crippen LogP contribution in [0.4, 0.5) is 28.7 Å². The van der Waals surface area contributed by atoms with Crippen LogP contribution in [0.5, 0.6) is 0 Å². The molecule has 0 fully saturated rings. The number of aryl methyl sites for hydroxylation is 1. The Balaban J connectivity index is 1.62. The molecule has 0 unspecified atom stereocenters. The van der Waals surface area contributed by atoms with Crippen LogP contribution in [0.3, 0.4) is 0 Å². The predicted molar refractivity (Wildman–Crippen MR) is 123 cm³/mol. The van der Waals surface area contributed by atoms with Gasteiger partial charge in [-0.05, 0) is 25.1 Å². The molecule has 0 aliphatic heterocycles. The van der Waals surface area contributed by atoms with E-state index in [0.717, 1.165) is 23.5 Å². The van der Waals surface area contributed by atoms with Crippen molar-refractivity contribution in [3.05, 3.63) is 92.4 Å². The van der Waals surface area contributed by atoms with Crippen LogP contribution in [0.2, 0.25) is 0 Å². The second-order valence-corrected chi connectivity index (χ2v) is 7.02. The number of fused-ring (bicyclic) bond motifs is 1. The van der Waals surface area contributed by atoms with Gasteiger partial charge in [0, 0.05) is 28.8 Å². The molecule has 2 aromatic carbocycles. The standard InChI is InChI=1S/C21H16N8O5/c1-12-8-9-13-4-3-7-16(17(13)24-12)25-19-18(29(33)34)20(23-11-22-19)26-27-21(30)14-5-2-6-15(10-14)28(31)32/h2-11H,1H3,(H,27,30)(H2,22,23,25,26). The summed E-state index contributed by atoms with van der Waals surface area (Å²) >= 11 is 0. The van der Waals surface area contributed by atoms with Crippen molar-refractivity contribution in [1.29, 1.82) is 0 Å². The predicted octanol–water partition coefficient (Wildman–Crippen LogP) is 3.65. The minimum atomic E-state index is -0.750. The first kappa shape index (κ1) is 22.0. The average molecular weight is 460 g/mol. The monoisotopic (exact) mass is 460 g/mol. The van der Waals surface area contributed by atoms with E-state index in [2.05, 4.69) is 31.1 Å². The van der Waals surface area contributed by atoms with Crippen molar-refractivity contribution in [2.45, 2.75) is 6.92 Å². The van der Waals surface area contributed by atoms with Crippen molar-refractivity contribution in [1.82, 2.24) is 20.4 Å². The highest BCUT2D eigenvalue weighted by atomic mass is 16.6. The zero-order valence-corrected chi connectivity index (χ0v) is 17.6. The third kappa shape index (κ3) is 4.52. The molecule has 2 aromatic heterocycles. The number of carbonyl (C=O) groups is 1. The Labute approximate surface area is 191 Å². The molecular formula is C21H16N8O5. The Morgan fingerprint density at radius 2 is 1.71 bits per heavy atom. The normalized spacial score (nSPS) is 10.5. The van der Waals surface area contributed by atoms with Gasteiger partial charge < -0.3 is 5.32 Å². The van der Waals surface area contributed by atoms with E-state index in [0.29, 0.717) is 11.2 Å². The number of amides is 1. The number of nitrogens with one attached hydrogen (secondary N) is 3. The van der Waals surface area contributed by atoms with Crippen LogP contribution in [0.1, 0.15) is 16.1 Å². The van der Waals surface area contributed by atoms with Gasteiger partial charge >= 0.3 is 5.69 Å². The second kappa shape index (κ2) is 9.12. The van der Waals surface area contributed by atoms with Gasteiger partial charge in [-0.15, -0.1) is 0 Å². The summed E-state index contributed by atoms with van der Waals surface area (Å²) in [5.74, 6) is -1.16. The Kier molecular flexibility index (Phi) is 5.90. The molecule has 0 spiro atoms. The lowest BCUT2D eigenvalue weighted by molar-refractivity contribution is -0.384. The van der Waals surface area contributed by atoms with Gasteiger partial charge in [0.05, 0.1) is 21.1 Å². The lowest BCUT2D eigenvalue weighted by atomic mass is 10.1. The average Bonchev–Trinajstić information content (AvgIpc) is 2.82. The zero-order valence-electron chi connectivity index (χ0n) is 17.6. The van der Waals surface area contributed by atoms with Gasteiger partial charge in [-0.2, -0.15) is 0 Å². The van der Waals surface area contributed by atoms with E-state index in [1.54, 1.807) is 12.1 Å². The number of anilines is 3. The number of para-hydroxylation sites is 1. The summed E-state index contributed by atoms with van der Waals surface area (Å²) in [7, 11) is 0. The number of rotatable bonds is 7. The maximum absolute atomic E-state index is 12.4. The topological polar surface area (TPSA) is 178 Å². The quantitative estimate of drug-likeness (QED) is 0.272. The fourth-order valence-electron chi connectivity index (χ4n) is 3.16. The van der Waals surface area contributed by atoms with Gasteiger partial charge in [-0.25, -0.2) is 9.97 Å². The molecule has 3 N–H and O–H groups in total. The van der Waals surface area contributed by atoms with Crippen molar-refractivity contribution >= 4 is 45.5 Å². The number of nitro benzene ring substituents is 1. The number of benzene rings is 2. The molecule has 0 aliphatic carbocycles. The summed E-state index contributed by atoms with van der Waals surface area (Å²) in [5.41, 5.74) is 5.71. The zero-order chi connectivity index (χ0) is 24.2. The molecular weight excluding hydrogens is 444 g/mol. The fourth-order valence-corrected chi connectivity index (χ4v) is 3.16. The molecule has 0 atom stereocenters. The first-order valence-corrected chi connectivity index (χ1v) is 9.77. The van der Waals surface area contributed by atoms with Gasteiger partial charge in [0.25, 0.3) is 11.6 Å². The van der Waals surface area contributed by atoms with Crippen LogP contribution in [-0.2, 0) is 0 Å². The van der Waals surface area contributed by atoms with E-state index in [-0.39, 0.29) is 22.9 Å². The van der Waals surface area contributed by atoms with Crippen LogP contribution in [-0.4, -0.2) is 30.7 Å². The van der Waals surface area contributed by atoms with E-state index in [9.17, 15) is 25.0 Å². The number of hydrazine groups is 1. The van der Waals surface area contributed by atoms with Crippen LogP contribution >= 0.6 is 0 Å². The first-order chi connectivity index (χ1) is 16.3. The molecule has 170 valence electrons. The highest BCUT2D eigenvalue weighted by Crippen LogP contribution is 2.32. The number of non-ortho nitro benzene ring substituents is 1. The van der Waals surface area contributed by atoms with Crippen molar-refractivity contribution in [2.24, 2.45) is 0 Å². The summed E-state index contributed by atoms with van der Waals surface area (Å²) in [6, 6.07) is 14.1. The van der Waals surface area contributed by atoms with Gasteiger partial charge in [0.2, 0.25) is 11.6 Å². The first-order valence-electron chi connectivity index (χ1n) is 9.77. The largest absolute Gasteiger partial charge is 0.355 e. The number of hydrogen-bond donors (Lipinski definition) is 3. The van der Waals surface area contributed by atoms with Gasteiger partial charge in [0.15, 0.2) is 0 Å². The molecule has 0 saturated heterocycles. The maximum Gasteiger partial charge on any atom is 0.355 e. The van der Waals surface area contributed by atoms with Crippen molar-refractivity contribution in [3.63, 3.8) is 0 Å². The molecule has 13 heteroatoms. The number of hydrogen-bond acceptors (Lipinski definition) is 10. The number of nitrogens with zero attached hydrogens (tertiary/aromatic N) is 5. The summed E-state index contributed by atoms with van der Waals surface area (Å²) in [4.78, 5) is 46.1. The minimum Gasteiger partial charge on any atom is -0.332 e. The highest BCUT2D eigenvalue weighted by Gasteiger charge is 2.24. The molecule has 13 nitrogen and oxygen atoms in total. The number of carbonyl (C=O) groups excluding carboxylic acids is 1. The SMILES string of the molecule is Cc1ccc2cccc(Nc3ncnc(NNC(=O)c4cccc([N+](=O)[O-])c4)c3[N+](=O)[O-])c2n1. The molecule has 0 radical (unpaired) electrons. The number of pyridine rings is 1. The van der Waals surface area contributed by atoms with E-state index >= 15 is 0 Å². The summed E-state index contributed by atoms with van der Waals surface area (Å²) in [6.07, 6.45) is 1.08. The van der Waals surface area contributed by atoms with Crippen molar-refractivity contribution in [2.75, 3.05) is 10.7 Å². The summed E-state index contributed by atoms with van der Waals surface area (Å²) in [6.45, 7) is 1.83. The molecule has 4 aromatic rings. The summed E-state index contributed by atoms with van der Waals surface area (Å²) < 4.78 is 0. The Hall–Kier alpha value is -5.20. The number of nitro groups is 2. The van der Waals surface area contributed by atoms with Crippen LogP contribution < -0.4 is 16.2 Å². The van der Waals surface area contributed by atoms with Crippen LogP contribution in [0, 0.1) is 27.2 Å². The van der Waals surface area contributed by atoms with Gasteiger partial charge in [-0.1, -0.05) is 24.3 Å². The molecule has 34 heavy (non-hydrogen) atoms. The Bertz CT molecular complexity index is 1440. The number of aromatic nitrogens is 3. The van der Waals surface area contributed by atoms with Gasteiger partial charge in [-0.3, -0.25) is 40.9 Å². The molecule has 1 amide bonds. The molecule has 0 aliphatic rings. The van der Waals surface area contributed by atoms with Crippen molar-refractivity contribution < 1.29 is 14.6 Å². The molecule has 0 bridgehead atoms. The van der Waals surface area contributed by atoms with Crippen LogP contribution in [0.15, 0.2) is 60.9 Å². The third-order valence-corrected chi connectivity index (χ3v) is 4.73. The maximum atomic E-state index is 12.4. The lowest BCUT2D eigenvalue weighted by Gasteiger charge is -2.12. The Morgan fingerprint density at radius 3 is 2.47 bits per heavy atom. The van der Waals surface area contributed by atoms with E-state index in [4.69, 9.17) is 0 Å². The third-order valence-electron chi connectivity index (χ3n) is 4.73. The van der Waals surface area contributed by atoms with Crippen LogP contribution in [0.25, 0.3) is 10.9 Å². The fraction of sp³-hybridized carbons (Fsp3) is 0.0476. The molecule has 4 rings (SSSR count). The van der Waals surface area contributed by atoms with E-state index < -0.39 is 21.4 Å². The molecule has 2 heterocycles. The smallest absolute Gasteiger partial charge is 0.332 e. The molecule has 0 saturated carbocycles. The Morgan fingerprint density at radius 1 is 0.941 bits per heavy atom. The highest BCUT2D eigenvalue weighted by molar-refractivity contribution is 5.96. The van der Waals surface area contributed by atoms with E-state index in [1.165, 1.54) is 18.2 Å². The van der Waals surface area contributed by atoms with E-state index in [1.807, 2.05) is 25.1 Å². The van der Waals surface area contributed by atoms with Gasteiger partial charge in [0.1, 0.15) is 6.33 Å². The van der Waals surface area contributed by atoms with Crippen molar-refractivity contribution in [3.8, 4) is 0 Å².